The van der Waals surface area contributed by atoms with Gasteiger partial charge in [-0.25, -0.2) is 0 Å². The molecule has 4 N–H and O–H groups in total. The first-order chi connectivity index (χ1) is 10.4. The smallest absolute Gasteiger partial charge is 0.249 e. The van der Waals surface area contributed by atoms with Crippen LogP contribution in [0.3, 0.4) is 0 Å². The molecule has 114 valence electrons. The normalized spacial score (nSPS) is 10.7. The third-order valence-electron chi connectivity index (χ3n) is 3.48. The van der Waals surface area contributed by atoms with Gasteiger partial charge in [0.15, 0.2) is 0 Å². The second-order valence-corrected chi connectivity index (χ2v) is 5.78. The molecule has 4 nitrogen and oxygen atoms in total. The van der Waals surface area contributed by atoms with E-state index in [1.54, 1.807) is 18.2 Å². The monoisotopic (exact) mass is 296 g/mol. The topological polar surface area (TPSA) is 86.2 Å². The molecule has 0 heterocycles. The third-order valence-corrected chi connectivity index (χ3v) is 3.48. The van der Waals surface area contributed by atoms with Crippen LogP contribution in [0, 0.1) is 5.92 Å². The Morgan fingerprint density at radius 2 is 1.41 bits per heavy atom. The largest absolute Gasteiger partial charge is 0.366 e. The fraction of sp³-hybridized carbons (Fsp3) is 0.222. The Hall–Kier alpha value is -2.62. The number of hydrogen-bond donors (Lipinski definition) is 2. The van der Waals surface area contributed by atoms with Gasteiger partial charge in [0.2, 0.25) is 11.8 Å². The molecule has 0 aliphatic heterocycles. The highest BCUT2D eigenvalue weighted by Crippen LogP contribution is 2.23. The number of nitrogens with two attached hydrogens (primary N) is 2. The van der Waals surface area contributed by atoms with Crippen molar-refractivity contribution < 1.29 is 9.59 Å². The molecule has 2 rings (SSSR count). The van der Waals surface area contributed by atoms with E-state index in [0.717, 1.165) is 17.5 Å². The van der Waals surface area contributed by atoms with Crippen LogP contribution in [0.25, 0.3) is 11.1 Å². The number of hydrogen-bond acceptors (Lipinski definition) is 2. The molecule has 0 fully saturated rings. The van der Waals surface area contributed by atoms with Gasteiger partial charge < -0.3 is 11.5 Å². The minimum atomic E-state index is -0.660. The maximum atomic E-state index is 11.5. The van der Waals surface area contributed by atoms with E-state index in [1.807, 2.05) is 12.1 Å². The van der Waals surface area contributed by atoms with Crippen LogP contribution in [0.1, 0.15) is 40.1 Å². The van der Waals surface area contributed by atoms with Gasteiger partial charge >= 0.3 is 0 Å². The molecule has 0 bridgehead atoms. The lowest BCUT2D eigenvalue weighted by Crippen LogP contribution is -2.20. The van der Waals surface area contributed by atoms with Crippen LogP contribution < -0.4 is 11.5 Å². The molecule has 2 aromatic carbocycles. The Kier molecular flexibility index (Phi) is 4.61. The van der Waals surface area contributed by atoms with Crippen molar-refractivity contribution in [1.82, 2.24) is 0 Å². The quantitative estimate of drug-likeness (QED) is 0.888. The van der Waals surface area contributed by atoms with Crippen LogP contribution in [0.15, 0.2) is 42.5 Å². The van der Waals surface area contributed by atoms with Crippen LogP contribution >= 0.6 is 0 Å². The minimum Gasteiger partial charge on any atom is -0.366 e. The van der Waals surface area contributed by atoms with Gasteiger partial charge in [-0.05, 0) is 41.2 Å². The Morgan fingerprint density at radius 1 is 0.864 bits per heavy atom. The summed E-state index contributed by atoms with van der Waals surface area (Å²) < 4.78 is 0. The van der Waals surface area contributed by atoms with Crippen molar-refractivity contribution in [1.29, 1.82) is 0 Å². The summed E-state index contributed by atoms with van der Waals surface area (Å²) >= 11 is 0. The first kappa shape index (κ1) is 15.8. The van der Waals surface area contributed by atoms with Crippen molar-refractivity contribution in [3.05, 3.63) is 59.2 Å². The highest BCUT2D eigenvalue weighted by molar-refractivity contribution is 6.06. The molecule has 0 radical (unpaired) electrons. The minimum absolute atomic E-state index is 0.146. The molecule has 0 aromatic heterocycles. The van der Waals surface area contributed by atoms with Crippen molar-refractivity contribution >= 4 is 11.8 Å². The number of carbonyl (C=O) groups excluding carboxylic acids is 2. The summed E-state index contributed by atoms with van der Waals surface area (Å²) in [5, 5.41) is 0. The summed E-state index contributed by atoms with van der Waals surface area (Å²) in [6, 6.07) is 13.1. The molecular formula is C18H20N2O2. The molecule has 0 saturated carbocycles. The van der Waals surface area contributed by atoms with E-state index in [4.69, 9.17) is 11.5 Å². The molecule has 2 aromatic rings. The standard InChI is InChI=1S/C18H20N2O2/c1-11(2)9-12-3-5-13(6-4-12)14-7-8-15(17(19)21)16(10-14)18(20)22/h3-8,10-11H,9H2,1-2H3,(H2,19,21)(H2,20,22). The van der Waals surface area contributed by atoms with Gasteiger partial charge in [-0.2, -0.15) is 0 Å². The van der Waals surface area contributed by atoms with Crippen LogP contribution in [0.5, 0.6) is 0 Å². The second kappa shape index (κ2) is 6.43. The molecule has 4 heteroatoms. The van der Waals surface area contributed by atoms with Crippen LogP contribution in [0.2, 0.25) is 0 Å². The van der Waals surface area contributed by atoms with Crippen molar-refractivity contribution in [3.8, 4) is 11.1 Å². The first-order valence-corrected chi connectivity index (χ1v) is 7.21. The number of amides is 2. The Balaban J connectivity index is 2.38. The summed E-state index contributed by atoms with van der Waals surface area (Å²) in [7, 11) is 0. The molecule has 0 spiro atoms. The van der Waals surface area contributed by atoms with Crippen molar-refractivity contribution in [2.24, 2.45) is 17.4 Å². The SMILES string of the molecule is CC(C)Cc1ccc(-c2ccc(C(N)=O)c(C(N)=O)c2)cc1. The predicted octanol–water partition coefficient (Wildman–Crippen LogP) is 2.75. The highest BCUT2D eigenvalue weighted by atomic mass is 16.2. The zero-order valence-electron chi connectivity index (χ0n) is 12.8. The average Bonchev–Trinajstić information content (AvgIpc) is 2.46. The zero-order valence-corrected chi connectivity index (χ0v) is 12.8. The van der Waals surface area contributed by atoms with Gasteiger partial charge in [-0.15, -0.1) is 0 Å². The molecule has 0 unspecified atom stereocenters. The van der Waals surface area contributed by atoms with E-state index in [2.05, 4.69) is 26.0 Å². The molecule has 0 aliphatic carbocycles. The van der Waals surface area contributed by atoms with E-state index in [9.17, 15) is 9.59 Å². The lowest BCUT2D eigenvalue weighted by Gasteiger charge is -2.09. The van der Waals surface area contributed by atoms with Gasteiger partial charge in [-0.3, -0.25) is 9.59 Å². The Bertz CT molecular complexity index is 704. The third kappa shape index (κ3) is 3.52. The fourth-order valence-corrected chi connectivity index (χ4v) is 2.45. The molecule has 22 heavy (non-hydrogen) atoms. The van der Waals surface area contributed by atoms with Crippen molar-refractivity contribution in [2.75, 3.05) is 0 Å². The van der Waals surface area contributed by atoms with Crippen molar-refractivity contribution in [3.63, 3.8) is 0 Å². The van der Waals surface area contributed by atoms with Gasteiger partial charge in [-0.1, -0.05) is 44.2 Å². The molecule has 2 amide bonds. The summed E-state index contributed by atoms with van der Waals surface area (Å²) in [6.07, 6.45) is 1.02. The molecule has 0 atom stereocenters. The van der Waals surface area contributed by atoms with Crippen LogP contribution in [-0.2, 0) is 6.42 Å². The highest BCUT2D eigenvalue weighted by Gasteiger charge is 2.14. The summed E-state index contributed by atoms with van der Waals surface area (Å²) in [5.74, 6) is -0.720. The van der Waals surface area contributed by atoms with E-state index in [0.29, 0.717) is 5.92 Å². The second-order valence-electron chi connectivity index (χ2n) is 5.78. The van der Waals surface area contributed by atoms with Gasteiger partial charge in [0, 0.05) is 0 Å². The Morgan fingerprint density at radius 3 is 1.91 bits per heavy atom. The van der Waals surface area contributed by atoms with E-state index in [1.165, 1.54) is 5.56 Å². The maximum Gasteiger partial charge on any atom is 0.249 e. The zero-order chi connectivity index (χ0) is 16.3. The van der Waals surface area contributed by atoms with Gasteiger partial charge in [0.1, 0.15) is 0 Å². The van der Waals surface area contributed by atoms with E-state index >= 15 is 0 Å². The first-order valence-electron chi connectivity index (χ1n) is 7.21. The number of rotatable bonds is 5. The van der Waals surface area contributed by atoms with Crippen molar-refractivity contribution in [2.45, 2.75) is 20.3 Å². The number of carbonyl (C=O) groups is 2. The molecule has 0 saturated heterocycles. The molecule has 0 aliphatic rings. The van der Waals surface area contributed by atoms with E-state index in [-0.39, 0.29) is 11.1 Å². The number of benzene rings is 2. The number of primary amides is 2. The van der Waals surface area contributed by atoms with E-state index < -0.39 is 11.8 Å². The summed E-state index contributed by atoms with van der Waals surface area (Å²) in [6.45, 7) is 4.35. The molecular weight excluding hydrogens is 276 g/mol. The maximum absolute atomic E-state index is 11.5. The fourth-order valence-electron chi connectivity index (χ4n) is 2.45. The van der Waals surface area contributed by atoms with Gasteiger partial charge in [0.25, 0.3) is 0 Å². The summed E-state index contributed by atoms with van der Waals surface area (Å²) in [4.78, 5) is 22.8. The lowest BCUT2D eigenvalue weighted by molar-refractivity contribution is 0.0967. The predicted molar refractivity (Wildman–Crippen MR) is 87.5 cm³/mol. The van der Waals surface area contributed by atoms with Gasteiger partial charge in [0.05, 0.1) is 11.1 Å². The van der Waals surface area contributed by atoms with Crippen LogP contribution in [0.4, 0.5) is 0 Å². The van der Waals surface area contributed by atoms with Crippen LogP contribution in [-0.4, -0.2) is 11.8 Å². The Labute approximate surface area is 130 Å². The average molecular weight is 296 g/mol. The lowest BCUT2D eigenvalue weighted by atomic mass is 9.96. The summed E-state index contributed by atoms with van der Waals surface area (Å²) in [5.41, 5.74) is 13.9.